The number of carbonyl (C=O) groups is 2. The summed E-state index contributed by atoms with van der Waals surface area (Å²) in [4.78, 5) is 30.4. The molecule has 274 valence electrons. The van der Waals surface area contributed by atoms with Gasteiger partial charge in [0.05, 0.1) is 31.9 Å². The van der Waals surface area contributed by atoms with Crippen LogP contribution in [0.2, 0.25) is 0 Å². The highest BCUT2D eigenvalue weighted by atomic mass is 16.7. The largest absolute Gasteiger partial charge is 0.446 e. The van der Waals surface area contributed by atoms with E-state index in [1.165, 1.54) is 24.0 Å². The summed E-state index contributed by atoms with van der Waals surface area (Å²) in [5, 5.41) is 2.99. The fraction of sp³-hybridized carbons (Fsp3) is 0.524. The number of likely N-dealkylation sites (tertiary alicyclic amines) is 1. The van der Waals surface area contributed by atoms with Crippen molar-refractivity contribution in [3.8, 4) is 11.1 Å². The maximum atomic E-state index is 13.0. The van der Waals surface area contributed by atoms with Gasteiger partial charge in [-0.05, 0) is 73.1 Å². The monoisotopic (exact) mass is 697 g/mol. The van der Waals surface area contributed by atoms with Gasteiger partial charge in [-0.2, -0.15) is 0 Å². The Morgan fingerprint density at radius 3 is 2.16 bits per heavy atom. The van der Waals surface area contributed by atoms with E-state index in [1.807, 2.05) is 59.5 Å². The number of anilines is 1. The van der Waals surface area contributed by atoms with Crippen molar-refractivity contribution in [2.45, 2.75) is 76.2 Å². The van der Waals surface area contributed by atoms with Crippen LogP contribution in [-0.4, -0.2) is 93.8 Å². The van der Waals surface area contributed by atoms with Crippen molar-refractivity contribution in [3.05, 3.63) is 90.0 Å². The molecule has 51 heavy (non-hydrogen) atoms. The molecule has 2 amide bonds. The highest BCUT2D eigenvalue weighted by Crippen LogP contribution is 2.40. The summed E-state index contributed by atoms with van der Waals surface area (Å²) in [5.74, 6) is 1.27. The lowest BCUT2D eigenvalue weighted by molar-refractivity contribution is -0.150. The van der Waals surface area contributed by atoms with Crippen LogP contribution in [0.25, 0.3) is 11.1 Å². The summed E-state index contributed by atoms with van der Waals surface area (Å²) in [6.45, 7) is 4.66. The van der Waals surface area contributed by atoms with Gasteiger partial charge in [-0.1, -0.05) is 85.6 Å². The molecule has 6 rings (SSSR count). The van der Waals surface area contributed by atoms with Crippen LogP contribution in [0.5, 0.6) is 0 Å². The van der Waals surface area contributed by atoms with E-state index in [1.54, 1.807) is 14.2 Å². The van der Waals surface area contributed by atoms with Gasteiger partial charge >= 0.3 is 6.09 Å². The second-order valence-electron chi connectivity index (χ2n) is 14.4. The number of benzene rings is 3. The zero-order valence-electron chi connectivity index (χ0n) is 30.3. The average Bonchev–Trinajstić information content (AvgIpc) is 3.90. The predicted molar refractivity (Wildman–Crippen MR) is 199 cm³/mol. The van der Waals surface area contributed by atoms with Crippen LogP contribution in [0.4, 0.5) is 10.5 Å². The lowest BCUT2D eigenvalue weighted by Gasteiger charge is -2.31. The fourth-order valence-electron chi connectivity index (χ4n) is 8.20. The molecule has 3 fully saturated rings. The number of para-hydroxylation sites is 1. The van der Waals surface area contributed by atoms with Crippen LogP contribution < -0.4 is 5.32 Å². The van der Waals surface area contributed by atoms with E-state index in [0.29, 0.717) is 38.0 Å². The third-order valence-corrected chi connectivity index (χ3v) is 11.0. The minimum absolute atomic E-state index is 0.0285. The smallest absolute Gasteiger partial charge is 0.411 e. The molecule has 2 saturated carbocycles. The van der Waals surface area contributed by atoms with Crippen molar-refractivity contribution < 1.29 is 28.5 Å². The highest BCUT2D eigenvalue weighted by molar-refractivity contribution is 5.91. The predicted octanol–water partition coefficient (Wildman–Crippen LogP) is 7.19. The third-order valence-electron chi connectivity index (χ3n) is 11.0. The topological polar surface area (TPSA) is 89.6 Å². The first-order valence-electron chi connectivity index (χ1n) is 18.8. The first kappa shape index (κ1) is 37.0. The Balaban J connectivity index is 0.857. The van der Waals surface area contributed by atoms with Crippen LogP contribution >= 0.6 is 0 Å². The summed E-state index contributed by atoms with van der Waals surface area (Å²) in [5.41, 5.74) is 5.40. The second kappa shape index (κ2) is 18.6. The number of methoxy groups -OCH3 is 2. The molecule has 3 aromatic rings. The maximum absolute atomic E-state index is 13.0. The Kier molecular flexibility index (Phi) is 13.5. The Labute approximate surface area is 303 Å². The third kappa shape index (κ3) is 10.4. The Hall–Kier alpha value is -3.76. The molecule has 3 aromatic carbocycles. The van der Waals surface area contributed by atoms with E-state index in [0.717, 1.165) is 75.0 Å². The van der Waals surface area contributed by atoms with Gasteiger partial charge in [-0.15, -0.1) is 0 Å². The van der Waals surface area contributed by atoms with Gasteiger partial charge in [0, 0.05) is 45.5 Å². The summed E-state index contributed by atoms with van der Waals surface area (Å²) in [7, 11) is 3.23. The molecule has 9 nitrogen and oxygen atoms in total. The lowest BCUT2D eigenvalue weighted by Crippen LogP contribution is -2.44. The number of nitrogens with zero attached hydrogens (tertiary/aromatic N) is 2. The van der Waals surface area contributed by atoms with Crippen molar-refractivity contribution in [2.75, 3.05) is 58.9 Å². The van der Waals surface area contributed by atoms with E-state index in [-0.39, 0.29) is 24.1 Å². The van der Waals surface area contributed by atoms with Crippen LogP contribution in [0.3, 0.4) is 0 Å². The summed E-state index contributed by atoms with van der Waals surface area (Å²) in [6.07, 6.45) is 7.71. The first-order valence-corrected chi connectivity index (χ1v) is 18.8. The van der Waals surface area contributed by atoms with Crippen molar-refractivity contribution >= 4 is 17.7 Å². The van der Waals surface area contributed by atoms with Crippen LogP contribution in [0, 0.1) is 11.8 Å². The highest BCUT2D eigenvalue weighted by Gasteiger charge is 2.42. The number of nitrogens with one attached hydrogen (secondary N) is 1. The van der Waals surface area contributed by atoms with Crippen LogP contribution in [-0.2, 0) is 36.6 Å². The number of fused-ring (bicyclic) bond motifs is 1. The van der Waals surface area contributed by atoms with Gasteiger partial charge in [-0.25, -0.2) is 4.79 Å². The van der Waals surface area contributed by atoms with Gasteiger partial charge in [0.15, 0.2) is 6.29 Å². The summed E-state index contributed by atoms with van der Waals surface area (Å²) in [6, 6.07) is 27.1. The quantitative estimate of drug-likeness (QED) is 0.118. The van der Waals surface area contributed by atoms with E-state index in [4.69, 9.17) is 18.9 Å². The van der Waals surface area contributed by atoms with Crippen molar-refractivity contribution in [1.29, 1.82) is 0 Å². The minimum Gasteiger partial charge on any atom is -0.446 e. The Morgan fingerprint density at radius 1 is 0.824 bits per heavy atom. The normalized spacial score (nSPS) is 20.5. The van der Waals surface area contributed by atoms with Gasteiger partial charge < -0.3 is 28.7 Å². The number of rotatable bonds is 17. The summed E-state index contributed by atoms with van der Waals surface area (Å²) < 4.78 is 22.5. The standard InChI is InChI=1S/C42H55N3O6/c1-48-41(49-2)30-45(36-12-6-7-13-36)40(46)22-25-50-24-21-32-18-16-31(17-19-32)20-23-44-28-34-26-37(27-35(34)29-44)51-42(47)43-39-15-9-8-14-38(39)33-10-4-3-5-11-33/h3-5,8-11,14-19,34-37,41H,6-7,12-13,20-30H2,1-2H3,(H,43,47)/t34-,35+,37?. The van der Waals surface area contributed by atoms with Crippen LogP contribution in [0.15, 0.2) is 78.9 Å². The molecule has 0 radical (unpaired) electrons. The molecule has 1 N–H and O–H groups in total. The second-order valence-corrected chi connectivity index (χ2v) is 14.4. The number of amides is 2. The number of carbonyl (C=O) groups excluding carboxylic acids is 2. The molecular weight excluding hydrogens is 642 g/mol. The van der Waals surface area contributed by atoms with E-state index < -0.39 is 6.29 Å². The van der Waals surface area contributed by atoms with E-state index in [9.17, 15) is 9.59 Å². The molecule has 0 aromatic heterocycles. The molecule has 0 spiro atoms. The Bertz CT molecular complexity index is 1510. The molecule has 9 heteroatoms. The minimum atomic E-state index is -0.404. The van der Waals surface area contributed by atoms with Gasteiger partial charge in [0.25, 0.3) is 0 Å². The molecule has 0 bridgehead atoms. The zero-order valence-corrected chi connectivity index (χ0v) is 30.3. The fourth-order valence-corrected chi connectivity index (χ4v) is 8.20. The van der Waals surface area contributed by atoms with Crippen molar-refractivity contribution in [3.63, 3.8) is 0 Å². The molecular formula is C42H55N3O6. The van der Waals surface area contributed by atoms with Gasteiger partial charge in [0.1, 0.15) is 6.10 Å². The molecule has 1 aliphatic heterocycles. The van der Waals surface area contributed by atoms with Gasteiger partial charge in [0.2, 0.25) is 5.91 Å². The zero-order chi connectivity index (χ0) is 35.4. The Morgan fingerprint density at radius 2 is 1.47 bits per heavy atom. The molecule has 3 atom stereocenters. The van der Waals surface area contributed by atoms with Gasteiger partial charge in [-0.3, -0.25) is 10.1 Å². The maximum Gasteiger partial charge on any atom is 0.411 e. The SMILES string of the molecule is COC(CN(C(=O)CCOCCc1ccc(CCN2C[C@H]3CC(OC(=O)Nc4ccccc4-c4ccccc4)C[C@H]3C2)cc1)C1CCCC1)OC. The molecule has 1 heterocycles. The number of hydrogen-bond donors (Lipinski definition) is 1. The van der Waals surface area contributed by atoms with E-state index in [2.05, 4.69) is 34.5 Å². The molecule has 1 unspecified atom stereocenters. The first-order chi connectivity index (χ1) is 25.0. The lowest BCUT2D eigenvalue weighted by atomic mass is 10.0. The summed E-state index contributed by atoms with van der Waals surface area (Å²) >= 11 is 0. The van der Waals surface area contributed by atoms with E-state index >= 15 is 0 Å². The number of hydrogen-bond acceptors (Lipinski definition) is 7. The van der Waals surface area contributed by atoms with Crippen LogP contribution in [0.1, 0.15) is 56.1 Å². The van der Waals surface area contributed by atoms with Crippen molar-refractivity contribution in [1.82, 2.24) is 9.80 Å². The average molecular weight is 698 g/mol. The molecule has 1 saturated heterocycles. The number of ether oxygens (including phenoxy) is 4. The molecule has 2 aliphatic carbocycles. The van der Waals surface area contributed by atoms with Crippen molar-refractivity contribution in [2.24, 2.45) is 11.8 Å². The molecule has 3 aliphatic rings.